The fourth-order valence-corrected chi connectivity index (χ4v) is 4.50. The number of amides is 2. The van der Waals surface area contributed by atoms with Gasteiger partial charge in [-0.15, -0.1) is 0 Å². The van der Waals surface area contributed by atoms with E-state index < -0.39 is 34.3 Å². The Kier molecular flexibility index (Phi) is 10.5. The van der Waals surface area contributed by atoms with Crippen molar-refractivity contribution < 1.29 is 22.4 Å². The lowest BCUT2D eigenvalue weighted by molar-refractivity contribution is -0.139. The molecule has 0 aliphatic rings. The Balaban J connectivity index is 2.33. The van der Waals surface area contributed by atoms with Crippen molar-refractivity contribution in [3.05, 3.63) is 66.0 Å². The highest BCUT2D eigenvalue weighted by molar-refractivity contribution is 7.92. The summed E-state index contributed by atoms with van der Waals surface area (Å²) < 4.78 is 40.1. The molecule has 186 valence electrons. The lowest BCUT2D eigenvalue weighted by Gasteiger charge is -2.33. The molecule has 0 radical (unpaired) electrons. The fourth-order valence-electron chi connectivity index (χ4n) is 3.65. The molecule has 0 saturated heterocycles. The molecule has 0 spiro atoms. The SMILES string of the molecule is CCCCNC(=O)C(CC)N(CCc1ccccc1)C(=O)CN(c1ccccc1F)S(C)(=O)=O. The summed E-state index contributed by atoms with van der Waals surface area (Å²) in [5, 5.41) is 2.87. The molecule has 0 saturated carbocycles. The molecule has 0 aliphatic heterocycles. The van der Waals surface area contributed by atoms with Crippen LogP contribution < -0.4 is 9.62 Å². The van der Waals surface area contributed by atoms with E-state index in [2.05, 4.69) is 5.32 Å². The first kappa shape index (κ1) is 27.3. The first-order chi connectivity index (χ1) is 16.2. The van der Waals surface area contributed by atoms with Crippen LogP contribution in [-0.2, 0) is 26.0 Å². The lowest BCUT2D eigenvalue weighted by Crippen LogP contribution is -2.53. The molecular weight excluding hydrogens is 457 g/mol. The number of carbonyl (C=O) groups is 2. The van der Waals surface area contributed by atoms with Crippen molar-refractivity contribution in [1.82, 2.24) is 10.2 Å². The van der Waals surface area contributed by atoms with Crippen molar-refractivity contribution in [3.8, 4) is 0 Å². The van der Waals surface area contributed by atoms with Crippen LogP contribution in [-0.4, -0.2) is 57.1 Å². The zero-order chi connectivity index (χ0) is 25.1. The van der Waals surface area contributed by atoms with E-state index in [1.807, 2.05) is 37.3 Å². The number of nitrogens with zero attached hydrogens (tertiary/aromatic N) is 2. The van der Waals surface area contributed by atoms with Gasteiger partial charge in [-0.2, -0.15) is 0 Å². The highest BCUT2D eigenvalue weighted by atomic mass is 32.2. The van der Waals surface area contributed by atoms with E-state index in [4.69, 9.17) is 0 Å². The number of hydrogen-bond acceptors (Lipinski definition) is 4. The van der Waals surface area contributed by atoms with Crippen LogP contribution in [0.2, 0.25) is 0 Å². The predicted molar refractivity (Wildman–Crippen MR) is 132 cm³/mol. The van der Waals surface area contributed by atoms with Gasteiger partial charge in [0.15, 0.2) is 0 Å². The summed E-state index contributed by atoms with van der Waals surface area (Å²) >= 11 is 0. The van der Waals surface area contributed by atoms with Gasteiger partial charge in [0.2, 0.25) is 21.8 Å². The third-order valence-corrected chi connectivity index (χ3v) is 6.63. The maximum absolute atomic E-state index is 14.4. The second-order valence-corrected chi connectivity index (χ2v) is 10.0. The van der Waals surface area contributed by atoms with Gasteiger partial charge < -0.3 is 10.2 Å². The fraction of sp³-hybridized carbons (Fsp3) is 0.440. The summed E-state index contributed by atoms with van der Waals surface area (Å²) in [7, 11) is -3.96. The van der Waals surface area contributed by atoms with Gasteiger partial charge in [0.05, 0.1) is 11.9 Å². The third kappa shape index (κ3) is 7.83. The molecule has 0 heterocycles. The van der Waals surface area contributed by atoms with Gasteiger partial charge in [0.25, 0.3) is 0 Å². The zero-order valence-electron chi connectivity index (χ0n) is 20.0. The Bertz CT molecular complexity index is 1050. The molecule has 0 aromatic heterocycles. The lowest BCUT2D eigenvalue weighted by atomic mass is 10.1. The van der Waals surface area contributed by atoms with Gasteiger partial charge in [0, 0.05) is 13.1 Å². The Morgan fingerprint density at radius 1 is 1.03 bits per heavy atom. The standard InChI is InChI=1S/C25H34FN3O4S/c1-4-6-17-27-25(31)22(5-2)28(18-16-20-12-8-7-9-13-20)24(30)19-29(34(3,32)33)23-15-11-10-14-21(23)26/h7-15,22H,4-6,16-19H2,1-3H3,(H,27,31). The molecule has 2 aromatic rings. The van der Waals surface area contributed by atoms with Crippen LogP contribution in [0.1, 0.15) is 38.7 Å². The minimum absolute atomic E-state index is 0.207. The Hall–Kier alpha value is -2.94. The third-order valence-electron chi connectivity index (χ3n) is 5.50. The summed E-state index contributed by atoms with van der Waals surface area (Å²) in [5.74, 6) is -1.60. The number of rotatable bonds is 13. The van der Waals surface area contributed by atoms with Crippen LogP contribution in [0, 0.1) is 5.82 Å². The van der Waals surface area contributed by atoms with Gasteiger partial charge in [-0.25, -0.2) is 12.8 Å². The van der Waals surface area contributed by atoms with Crippen LogP contribution in [0.25, 0.3) is 0 Å². The molecule has 34 heavy (non-hydrogen) atoms. The maximum Gasteiger partial charge on any atom is 0.244 e. The van der Waals surface area contributed by atoms with E-state index in [0.29, 0.717) is 19.4 Å². The second-order valence-electron chi connectivity index (χ2n) is 8.11. The molecule has 0 fully saturated rings. The number of hydrogen-bond donors (Lipinski definition) is 1. The van der Waals surface area contributed by atoms with Crippen LogP contribution in [0.3, 0.4) is 0 Å². The number of halogens is 1. The summed E-state index contributed by atoms with van der Waals surface area (Å²) in [5.41, 5.74) is 0.775. The van der Waals surface area contributed by atoms with Gasteiger partial charge in [-0.1, -0.05) is 62.7 Å². The first-order valence-corrected chi connectivity index (χ1v) is 13.4. The van der Waals surface area contributed by atoms with Gasteiger partial charge in [-0.05, 0) is 37.0 Å². The van der Waals surface area contributed by atoms with Gasteiger partial charge in [-0.3, -0.25) is 13.9 Å². The number of sulfonamides is 1. The molecule has 2 aromatic carbocycles. The van der Waals surface area contributed by atoms with Crippen molar-refractivity contribution in [2.24, 2.45) is 0 Å². The molecule has 1 unspecified atom stereocenters. The molecule has 2 amide bonds. The van der Waals surface area contributed by atoms with Crippen molar-refractivity contribution in [2.75, 3.05) is 30.2 Å². The average molecular weight is 492 g/mol. The minimum Gasteiger partial charge on any atom is -0.354 e. The van der Waals surface area contributed by atoms with Gasteiger partial charge in [0.1, 0.15) is 18.4 Å². The molecule has 1 atom stereocenters. The Morgan fingerprint density at radius 2 is 1.68 bits per heavy atom. The number of para-hydroxylation sites is 1. The monoisotopic (exact) mass is 491 g/mol. The summed E-state index contributed by atoms with van der Waals surface area (Å²) in [6.07, 6.45) is 3.51. The molecular formula is C25H34FN3O4S. The summed E-state index contributed by atoms with van der Waals surface area (Å²) in [4.78, 5) is 27.8. The smallest absolute Gasteiger partial charge is 0.244 e. The molecule has 0 bridgehead atoms. The molecule has 0 aliphatic carbocycles. The van der Waals surface area contributed by atoms with Crippen molar-refractivity contribution in [1.29, 1.82) is 0 Å². The number of unbranched alkanes of at least 4 members (excludes halogenated alkanes) is 1. The maximum atomic E-state index is 14.4. The predicted octanol–water partition coefficient (Wildman–Crippen LogP) is 3.36. The number of benzene rings is 2. The van der Waals surface area contributed by atoms with E-state index in [9.17, 15) is 22.4 Å². The van der Waals surface area contributed by atoms with Crippen LogP contribution >= 0.6 is 0 Å². The van der Waals surface area contributed by atoms with Crippen LogP contribution in [0.5, 0.6) is 0 Å². The summed E-state index contributed by atoms with van der Waals surface area (Å²) in [6.45, 7) is 3.93. The Labute approximate surface area is 202 Å². The van der Waals surface area contributed by atoms with E-state index in [-0.39, 0.29) is 18.1 Å². The van der Waals surface area contributed by atoms with Crippen LogP contribution in [0.15, 0.2) is 54.6 Å². The van der Waals surface area contributed by atoms with Crippen molar-refractivity contribution >= 4 is 27.5 Å². The number of nitrogens with one attached hydrogen (secondary N) is 1. The van der Waals surface area contributed by atoms with Gasteiger partial charge >= 0.3 is 0 Å². The Morgan fingerprint density at radius 3 is 2.26 bits per heavy atom. The van der Waals surface area contributed by atoms with E-state index in [0.717, 1.165) is 35.0 Å². The minimum atomic E-state index is -3.96. The van der Waals surface area contributed by atoms with E-state index >= 15 is 0 Å². The van der Waals surface area contributed by atoms with Crippen molar-refractivity contribution in [3.63, 3.8) is 0 Å². The normalized spacial score (nSPS) is 12.1. The quantitative estimate of drug-likeness (QED) is 0.436. The molecule has 7 nitrogen and oxygen atoms in total. The number of carbonyl (C=O) groups excluding carboxylic acids is 2. The molecule has 1 N–H and O–H groups in total. The second kappa shape index (κ2) is 13.1. The van der Waals surface area contributed by atoms with E-state index in [1.54, 1.807) is 6.92 Å². The highest BCUT2D eigenvalue weighted by Gasteiger charge is 2.32. The molecule has 2 rings (SSSR count). The average Bonchev–Trinajstić information content (AvgIpc) is 2.80. The summed E-state index contributed by atoms with van der Waals surface area (Å²) in [6, 6.07) is 14.1. The largest absolute Gasteiger partial charge is 0.354 e. The topological polar surface area (TPSA) is 86.8 Å². The first-order valence-electron chi connectivity index (χ1n) is 11.5. The van der Waals surface area contributed by atoms with Crippen LogP contribution in [0.4, 0.5) is 10.1 Å². The van der Waals surface area contributed by atoms with E-state index in [1.165, 1.54) is 23.1 Å². The highest BCUT2D eigenvalue weighted by Crippen LogP contribution is 2.22. The number of anilines is 1. The molecule has 9 heteroatoms. The van der Waals surface area contributed by atoms with Crippen molar-refractivity contribution in [2.45, 2.75) is 45.6 Å². The zero-order valence-corrected chi connectivity index (χ0v) is 20.9.